The van der Waals surface area contributed by atoms with Gasteiger partial charge in [0.1, 0.15) is 5.66 Å². The van der Waals surface area contributed by atoms with Crippen LogP contribution in [0.5, 0.6) is 0 Å². The average molecular weight is 334 g/mol. The quantitative estimate of drug-likeness (QED) is 0.844. The third-order valence-electron chi connectivity index (χ3n) is 6.39. The van der Waals surface area contributed by atoms with Gasteiger partial charge in [-0.3, -0.25) is 4.79 Å². The van der Waals surface area contributed by atoms with Crippen LogP contribution in [-0.4, -0.2) is 29.6 Å². The van der Waals surface area contributed by atoms with E-state index in [-0.39, 0.29) is 17.0 Å². The highest BCUT2D eigenvalue weighted by Gasteiger charge is 2.62. The minimum atomic E-state index is -0.287. The van der Waals surface area contributed by atoms with Crippen LogP contribution >= 0.6 is 0 Å². The van der Waals surface area contributed by atoms with Crippen molar-refractivity contribution in [2.45, 2.75) is 44.7 Å². The van der Waals surface area contributed by atoms with E-state index in [1.54, 1.807) is 0 Å². The molecule has 1 atom stereocenters. The first-order valence-electron chi connectivity index (χ1n) is 9.18. The van der Waals surface area contributed by atoms with Gasteiger partial charge in [0.2, 0.25) is 5.91 Å². The molecule has 0 bridgehead atoms. The third kappa shape index (κ3) is 2.21. The minimum absolute atomic E-state index is 0.0947. The molecule has 1 fully saturated rings. The fourth-order valence-electron chi connectivity index (χ4n) is 4.68. The summed E-state index contributed by atoms with van der Waals surface area (Å²) in [6, 6.07) is 19.1. The summed E-state index contributed by atoms with van der Waals surface area (Å²) in [4.78, 5) is 17.3. The Morgan fingerprint density at radius 1 is 0.960 bits per heavy atom. The zero-order valence-corrected chi connectivity index (χ0v) is 15.3. The van der Waals surface area contributed by atoms with E-state index in [0.29, 0.717) is 6.54 Å². The van der Waals surface area contributed by atoms with Crippen molar-refractivity contribution < 1.29 is 4.79 Å². The molecule has 2 aromatic carbocycles. The molecule has 0 aromatic heterocycles. The molecule has 0 spiro atoms. The van der Waals surface area contributed by atoms with Gasteiger partial charge < -0.3 is 9.80 Å². The molecule has 1 saturated heterocycles. The number of aryl methyl sites for hydroxylation is 1. The predicted octanol–water partition coefficient (Wildman–Crippen LogP) is 3.98. The Kier molecular flexibility index (Phi) is 3.64. The highest BCUT2D eigenvalue weighted by molar-refractivity contribution is 5.90. The van der Waals surface area contributed by atoms with Gasteiger partial charge in [0.25, 0.3) is 0 Å². The van der Waals surface area contributed by atoms with Crippen LogP contribution in [0.4, 0.5) is 5.69 Å². The van der Waals surface area contributed by atoms with Crippen molar-refractivity contribution in [2.75, 3.05) is 18.0 Å². The van der Waals surface area contributed by atoms with Crippen molar-refractivity contribution in [3.63, 3.8) is 0 Å². The van der Waals surface area contributed by atoms with E-state index in [1.807, 2.05) is 6.07 Å². The molecular weight excluding hydrogens is 308 g/mol. The van der Waals surface area contributed by atoms with Crippen LogP contribution in [0.3, 0.4) is 0 Å². The molecule has 2 aliphatic rings. The van der Waals surface area contributed by atoms with E-state index < -0.39 is 0 Å². The molecule has 1 amide bonds. The Morgan fingerprint density at radius 3 is 2.40 bits per heavy atom. The number of benzene rings is 2. The van der Waals surface area contributed by atoms with E-state index in [2.05, 4.69) is 79.1 Å². The summed E-state index contributed by atoms with van der Waals surface area (Å²) in [6.45, 7) is 8.07. The second-order valence-electron chi connectivity index (χ2n) is 7.88. The molecule has 3 heteroatoms. The molecule has 130 valence electrons. The Bertz CT molecular complexity index is 799. The number of nitrogens with zero attached hydrogens (tertiary/aromatic N) is 2. The van der Waals surface area contributed by atoms with E-state index in [9.17, 15) is 4.79 Å². The topological polar surface area (TPSA) is 23.6 Å². The number of carbonyl (C=O) groups excluding carboxylic acids is 1. The Morgan fingerprint density at radius 2 is 1.64 bits per heavy atom. The number of anilines is 1. The van der Waals surface area contributed by atoms with Crippen LogP contribution < -0.4 is 4.90 Å². The number of rotatable bonds is 4. The summed E-state index contributed by atoms with van der Waals surface area (Å²) >= 11 is 0. The van der Waals surface area contributed by atoms with Crippen LogP contribution in [0.1, 0.15) is 38.3 Å². The molecule has 0 unspecified atom stereocenters. The summed E-state index contributed by atoms with van der Waals surface area (Å²) in [5.41, 5.74) is 3.52. The minimum Gasteiger partial charge on any atom is -0.338 e. The standard InChI is InChI=1S/C22H26N2O/c1-21(2)18-13-7-8-14-19(18)24-16-20(25)23(22(21,24)3)15-9-12-17-10-5-4-6-11-17/h4-8,10-11,13-14H,9,12,15-16H2,1-3H3/t22-/m1/s1. The van der Waals surface area contributed by atoms with E-state index in [1.165, 1.54) is 16.8 Å². The first-order chi connectivity index (χ1) is 12.0. The number of carbonyl (C=O) groups is 1. The molecule has 25 heavy (non-hydrogen) atoms. The lowest BCUT2D eigenvalue weighted by atomic mass is 9.76. The van der Waals surface area contributed by atoms with Crippen LogP contribution in [0.2, 0.25) is 0 Å². The van der Waals surface area contributed by atoms with Gasteiger partial charge in [-0.25, -0.2) is 0 Å². The van der Waals surface area contributed by atoms with E-state index >= 15 is 0 Å². The predicted molar refractivity (Wildman–Crippen MR) is 102 cm³/mol. The van der Waals surface area contributed by atoms with Crippen molar-refractivity contribution in [3.8, 4) is 0 Å². The van der Waals surface area contributed by atoms with E-state index in [4.69, 9.17) is 0 Å². The number of hydrogen-bond donors (Lipinski definition) is 0. The molecule has 3 nitrogen and oxygen atoms in total. The third-order valence-corrected chi connectivity index (χ3v) is 6.39. The highest BCUT2D eigenvalue weighted by atomic mass is 16.2. The highest BCUT2D eigenvalue weighted by Crippen LogP contribution is 2.55. The lowest BCUT2D eigenvalue weighted by molar-refractivity contribution is -0.131. The maximum atomic E-state index is 12.8. The van der Waals surface area contributed by atoms with Gasteiger partial charge in [-0.15, -0.1) is 0 Å². The lowest BCUT2D eigenvalue weighted by Gasteiger charge is -2.46. The Hall–Kier alpha value is -2.29. The fourth-order valence-corrected chi connectivity index (χ4v) is 4.68. The van der Waals surface area contributed by atoms with Crippen LogP contribution in [0.15, 0.2) is 54.6 Å². The molecule has 2 aromatic rings. The Labute approximate surface area is 150 Å². The first-order valence-corrected chi connectivity index (χ1v) is 9.18. The maximum Gasteiger partial charge on any atom is 0.244 e. The van der Waals surface area contributed by atoms with Crippen LogP contribution in [-0.2, 0) is 16.6 Å². The fraction of sp³-hybridized carbons (Fsp3) is 0.409. The van der Waals surface area contributed by atoms with Gasteiger partial charge in [-0.05, 0) is 37.0 Å². The molecule has 0 aliphatic carbocycles. The van der Waals surface area contributed by atoms with E-state index in [0.717, 1.165) is 19.4 Å². The molecule has 0 radical (unpaired) electrons. The molecular formula is C22H26N2O. The number of para-hydroxylation sites is 1. The van der Waals surface area contributed by atoms with Gasteiger partial charge in [0.15, 0.2) is 0 Å². The summed E-state index contributed by atoms with van der Waals surface area (Å²) in [6.07, 6.45) is 2.00. The van der Waals surface area contributed by atoms with Gasteiger partial charge in [-0.1, -0.05) is 62.4 Å². The van der Waals surface area contributed by atoms with Gasteiger partial charge >= 0.3 is 0 Å². The number of fused-ring (bicyclic) bond motifs is 3. The van der Waals surface area contributed by atoms with Crippen molar-refractivity contribution in [3.05, 3.63) is 65.7 Å². The van der Waals surface area contributed by atoms with Crippen molar-refractivity contribution in [2.24, 2.45) is 0 Å². The van der Waals surface area contributed by atoms with Crippen LogP contribution in [0.25, 0.3) is 0 Å². The smallest absolute Gasteiger partial charge is 0.244 e. The molecule has 0 N–H and O–H groups in total. The van der Waals surface area contributed by atoms with Gasteiger partial charge in [0.05, 0.1) is 6.54 Å². The number of amides is 1. The van der Waals surface area contributed by atoms with Gasteiger partial charge in [0, 0.05) is 17.6 Å². The zero-order chi connectivity index (χ0) is 17.7. The van der Waals surface area contributed by atoms with Crippen molar-refractivity contribution >= 4 is 11.6 Å². The lowest BCUT2D eigenvalue weighted by Crippen LogP contribution is -2.59. The monoisotopic (exact) mass is 334 g/mol. The molecule has 2 aliphatic heterocycles. The van der Waals surface area contributed by atoms with Crippen molar-refractivity contribution in [1.82, 2.24) is 4.90 Å². The second kappa shape index (κ2) is 5.62. The zero-order valence-electron chi connectivity index (χ0n) is 15.3. The summed E-state index contributed by atoms with van der Waals surface area (Å²) < 4.78 is 0. The largest absolute Gasteiger partial charge is 0.338 e. The van der Waals surface area contributed by atoms with Crippen LogP contribution in [0, 0.1) is 0 Å². The normalized spacial score (nSPS) is 23.7. The molecule has 2 heterocycles. The summed E-state index contributed by atoms with van der Waals surface area (Å²) in [5, 5.41) is 0. The Balaban J connectivity index is 1.59. The number of hydrogen-bond acceptors (Lipinski definition) is 2. The summed E-state index contributed by atoms with van der Waals surface area (Å²) in [7, 11) is 0. The van der Waals surface area contributed by atoms with Crippen molar-refractivity contribution in [1.29, 1.82) is 0 Å². The van der Waals surface area contributed by atoms with Gasteiger partial charge in [-0.2, -0.15) is 0 Å². The average Bonchev–Trinajstić information content (AvgIpc) is 2.97. The molecule has 0 saturated carbocycles. The summed E-state index contributed by atoms with van der Waals surface area (Å²) in [5.74, 6) is 0.248. The molecule has 4 rings (SSSR count). The first kappa shape index (κ1) is 16.2. The maximum absolute atomic E-state index is 12.8. The SMILES string of the molecule is CC1(C)c2ccccc2N2CC(=O)N(CCCc3ccccc3)[C@]21C. The second-order valence-corrected chi connectivity index (χ2v) is 7.88.